The van der Waals surface area contributed by atoms with Crippen LogP contribution in [0.3, 0.4) is 0 Å². The van der Waals surface area contributed by atoms with Crippen molar-refractivity contribution in [3.05, 3.63) is 65.2 Å². The largest absolute Gasteiger partial charge is 0.370 e. The van der Waals surface area contributed by atoms with Gasteiger partial charge in [-0.15, -0.1) is 0 Å². The van der Waals surface area contributed by atoms with Crippen LogP contribution >= 0.6 is 0 Å². The number of rotatable bonds is 6. The van der Waals surface area contributed by atoms with Gasteiger partial charge in [0.1, 0.15) is 6.04 Å². The second kappa shape index (κ2) is 10.9. The Bertz CT molecular complexity index is 1310. The van der Waals surface area contributed by atoms with E-state index in [0.29, 0.717) is 23.9 Å². The van der Waals surface area contributed by atoms with Crippen LogP contribution < -0.4 is 10.2 Å². The number of likely N-dealkylation sites (tertiary alicyclic amines) is 2. The van der Waals surface area contributed by atoms with E-state index in [9.17, 15) is 14.4 Å². The Labute approximate surface area is 242 Å². The molecule has 216 valence electrons. The van der Waals surface area contributed by atoms with Crippen LogP contribution in [0, 0.1) is 11.3 Å². The maximum absolute atomic E-state index is 13.0. The Hall–Kier alpha value is -3.23. The summed E-state index contributed by atoms with van der Waals surface area (Å²) in [6, 6.07) is 16.4. The van der Waals surface area contributed by atoms with Crippen molar-refractivity contribution in [2.45, 2.75) is 57.7 Å². The molecule has 8 heteroatoms. The average Bonchev–Trinajstić information content (AvgIpc) is 3.29. The first-order valence-corrected chi connectivity index (χ1v) is 15.5. The van der Waals surface area contributed by atoms with Gasteiger partial charge in [-0.1, -0.05) is 30.3 Å². The van der Waals surface area contributed by atoms with Crippen LogP contribution in [0.4, 0.5) is 5.69 Å². The van der Waals surface area contributed by atoms with Gasteiger partial charge in [-0.25, -0.2) is 0 Å². The summed E-state index contributed by atoms with van der Waals surface area (Å²) in [7, 11) is 0. The van der Waals surface area contributed by atoms with Crippen molar-refractivity contribution in [1.29, 1.82) is 0 Å². The molecule has 0 aliphatic carbocycles. The smallest absolute Gasteiger partial charge is 0.255 e. The Balaban J connectivity index is 0.872. The molecule has 5 aliphatic heterocycles. The van der Waals surface area contributed by atoms with Crippen molar-refractivity contribution in [2.24, 2.45) is 11.3 Å². The molecule has 3 amide bonds. The molecule has 2 aromatic rings. The predicted octanol–water partition coefficient (Wildman–Crippen LogP) is 3.26. The summed E-state index contributed by atoms with van der Waals surface area (Å²) in [6.07, 6.45) is 5.83. The summed E-state index contributed by atoms with van der Waals surface area (Å²) in [6.45, 7) is 9.78. The third-order valence-corrected chi connectivity index (χ3v) is 10.3. The third-order valence-electron chi connectivity index (χ3n) is 10.3. The van der Waals surface area contributed by atoms with Gasteiger partial charge in [0.2, 0.25) is 11.8 Å². The SMILES string of the molecule is O=C1CCC(N2Cc3cc(N4CC5(CCN(CC6CCN(Cc7ccccc7)CC6)CC5)C4)ccc3C2=O)C(=O)N1. The lowest BCUT2D eigenvalue weighted by molar-refractivity contribution is -0.136. The standard InChI is InChI=1S/C33H41N5O3/c39-30-9-8-29(31(40)34-30)38-21-26-18-27(6-7-28(26)32(38)41)37-22-33(23-37)12-16-36(17-13-33)20-25-10-14-35(15-11-25)19-24-4-2-1-3-5-24/h1-7,18,25,29H,8-17,19-23H2,(H,34,39,40). The number of nitrogens with one attached hydrogen (secondary N) is 1. The van der Waals surface area contributed by atoms with E-state index in [1.165, 1.54) is 69.7 Å². The molecule has 0 bridgehead atoms. The van der Waals surface area contributed by atoms with Crippen molar-refractivity contribution >= 4 is 23.4 Å². The minimum absolute atomic E-state index is 0.102. The van der Waals surface area contributed by atoms with Gasteiger partial charge in [-0.2, -0.15) is 0 Å². The number of fused-ring (bicyclic) bond motifs is 1. The zero-order valence-electron chi connectivity index (χ0n) is 23.9. The molecule has 4 saturated heterocycles. The van der Waals surface area contributed by atoms with E-state index >= 15 is 0 Å². The highest BCUT2D eigenvalue weighted by Crippen LogP contribution is 2.43. The molecule has 0 radical (unpaired) electrons. The van der Waals surface area contributed by atoms with E-state index in [1.54, 1.807) is 4.90 Å². The second-order valence-electron chi connectivity index (χ2n) is 13.1. The highest BCUT2D eigenvalue weighted by molar-refractivity contribution is 6.05. The molecule has 7 rings (SSSR count). The van der Waals surface area contributed by atoms with Crippen LogP contribution in [0.2, 0.25) is 0 Å². The fourth-order valence-corrected chi connectivity index (χ4v) is 7.76. The van der Waals surface area contributed by atoms with Gasteiger partial charge in [-0.05, 0) is 93.5 Å². The average molecular weight is 556 g/mol. The number of nitrogens with zero attached hydrogens (tertiary/aromatic N) is 4. The maximum Gasteiger partial charge on any atom is 0.255 e. The van der Waals surface area contributed by atoms with Crippen LogP contribution in [-0.4, -0.2) is 84.3 Å². The Morgan fingerprint density at radius 1 is 0.854 bits per heavy atom. The molecule has 1 spiro atoms. The molecule has 41 heavy (non-hydrogen) atoms. The highest BCUT2D eigenvalue weighted by atomic mass is 16.2. The highest BCUT2D eigenvalue weighted by Gasteiger charge is 2.46. The Morgan fingerprint density at radius 3 is 2.34 bits per heavy atom. The zero-order chi connectivity index (χ0) is 28.0. The molecular weight excluding hydrogens is 514 g/mol. The van der Waals surface area contributed by atoms with Crippen LogP contribution in [-0.2, 0) is 22.7 Å². The number of anilines is 1. The molecule has 5 aliphatic rings. The van der Waals surface area contributed by atoms with E-state index in [4.69, 9.17) is 0 Å². The number of piperidine rings is 3. The topological polar surface area (TPSA) is 76.2 Å². The van der Waals surface area contributed by atoms with E-state index in [-0.39, 0.29) is 24.1 Å². The van der Waals surface area contributed by atoms with Crippen LogP contribution in [0.1, 0.15) is 60.0 Å². The first kappa shape index (κ1) is 26.7. The minimum Gasteiger partial charge on any atom is -0.370 e. The van der Waals surface area contributed by atoms with E-state index < -0.39 is 6.04 Å². The van der Waals surface area contributed by atoms with Gasteiger partial charge < -0.3 is 14.7 Å². The van der Waals surface area contributed by atoms with Gasteiger partial charge in [0.05, 0.1) is 0 Å². The summed E-state index contributed by atoms with van der Waals surface area (Å²) in [5, 5.41) is 2.38. The number of hydrogen-bond acceptors (Lipinski definition) is 6. The number of benzene rings is 2. The van der Waals surface area contributed by atoms with Gasteiger partial charge in [0.25, 0.3) is 5.91 Å². The summed E-state index contributed by atoms with van der Waals surface area (Å²) < 4.78 is 0. The van der Waals surface area contributed by atoms with Gasteiger partial charge >= 0.3 is 0 Å². The molecule has 2 aromatic carbocycles. The summed E-state index contributed by atoms with van der Waals surface area (Å²) in [5.41, 5.74) is 4.69. The van der Waals surface area contributed by atoms with Gasteiger partial charge in [-0.3, -0.25) is 24.6 Å². The molecule has 1 unspecified atom stereocenters. The van der Waals surface area contributed by atoms with Crippen molar-refractivity contribution < 1.29 is 14.4 Å². The monoisotopic (exact) mass is 555 g/mol. The number of carbonyl (C=O) groups is 3. The second-order valence-corrected chi connectivity index (χ2v) is 13.1. The van der Waals surface area contributed by atoms with Crippen molar-refractivity contribution in [1.82, 2.24) is 20.0 Å². The fraction of sp³-hybridized carbons (Fsp3) is 0.545. The Morgan fingerprint density at radius 2 is 1.61 bits per heavy atom. The Kier molecular flexibility index (Phi) is 7.07. The minimum atomic E-state index is -0.560. The number of imide groups is 1. The summed E-state index contributed by atoms with van der Waals surface area (Å²) in [4.78, 5) is 46.4. The summed E-state index contributed by atoms with van der Waals surface area (Å²) >= 11 is 0. The molecule has 8 nitrogen and oxygen atoms in total. The molecular formula is C33H41N5O3. The molecule has 1 N–H and O–H groups in total. The summed E-state index contributed by atoms with van der Waals surface area (Å²) in [5.74, 6) is 0.112. The molecule has 4 fully saturated rings. The number of amides is 3. The van der Waals surface area contributed by atoms with Gasteiger partial charge in [0, 0.05) is 55.8 Å². The quantitative estimate of drug-likeness (QED) is 0.552. The lowest BCUT2D eigenvalue weighted by Gasteiger charge is -2.55. The lowest BCUT2D eigenvalue weighted by Crippen LogP contribution is -2.60. The van der Waals surface area contributed by atoms with E-state index in [2.05, 4.69) is 62.5 Å². The predicted molar refractivity (Wildman–Crippen MR) is 157 cm³/mol. The van der Waals surface area contributed by atoms with Crippen molar-refractivity contribution in [3.63, 3.8) is 0 Å². The number of carbonyl (C=O) groups excluding carboxylic acids is 3. The van der Waals surface area contributed by atoms with Crippen LogP contribution in [0.25, 0.3) is 0 Å². The fourth-order valence-electron chi connectivity index (χ4n) is 7.76. The van der Waals surface area contributed by atoms with E-state index in [1.807, 2.05) is 6.07 Å². The zero-order valence-corrected chi connectivity index (χ0v) is 23.9. The molecule has 0 aromatic heterocycles. The van der Waals surface area contributed by atoms with Crippen LogP contribution in [0.5, 0.6) is 0 Å². The molecule has 5 heterocycles. The molecule has 1 atom stereocenters. The van der Waals surface area contributed by atoms with E-state index in [0.717, 1.165) is 31.1 Å². The number of hydrogen-bond donors (Lipinski definition) is 1. The van der Waals surface area contributed by atoms with Crippen molar-refractivity contribution in [2.75, 3.05) is 50.7 Å². The first-order valence-electron chi connectivity index (χ1n) is 15.5. The third kappa shape index (κ3) is 5.40. The van der Waals surface area contributed by atoms with Crippen LogP contribution in [0.15, 0.2) is 48.5 Å². The maximum atomic E-state index is 13.0. The first-order chi connectivity index (χ1) is 19.9. The van der Waals surface area contributed by atoms with Crippen molar-refractivity contribution in [3.8, 4) is 0 Å². The lowest BCUT2D eigenvalue weighted by atomic mass is 9.71. The normalized spacial score (nSPS) is 25.4. The molecule has 0 saturated carbocycles. The van der Waals surface area contributed by atoms with Gasteiger partial charge in [0.15, 0.2) is 0 Å².